The van der Waals surface area contributed by atoms with E-state index in [4.69, 9.17) is 0 Å². The summed E-state index contributed by atoms with van der Waals surface area (Å²) in [5.74, 6) is -1.09. The van der Waals surface area contributed by atoms with Crippen molar-refractivity contribution in [3.8, 4) is 0 Å². The highest BCUT2D eigenvalue weighted by molar-refractivity contribution is 5.78. The average Bonchev–Trinajstić information content (AvgIpc) is 2.82. The Morgan fingerprint density at radius 1 is 1.12 bits per heavy atom. The summed E-state index contributed by atoms with van der Waals surface area (Å²) < 4.78 is 27.7. The van der Waals surface area contributed by atoms with Gasteiger partial charge in [0, 0.05) is 13.1 Å². The van der Waals surface area contributed by atoms with Crippen LogP contribution in [0.15, 0.2) is 47.3 Å². The molecule has 5 nitrogen and oxygen atoms in total. The highest BCUT2D eigenvalue weighted by atomic mass is 19.1. The van der Waals surface area contributed by atoms with Crippen LogP contribution in [0, 0.1) is 11.6 Å². The van der Waals surface area contributed by atoms with Crippen LogP contribution in [0.1, 0.15) is 5.56 Å². The van der Waals surface area contributed by atoms with Crippen LogP contribution in [0.4, 0.5) is 8.78 Å². The van der Waals surface area contributed by atoms with Gasteiger partial charge >= 0.3 is 5.69 Å². The van der Waals surface area contributed by atoms with Crippen LogP contribution in [0.3, 0.4) is 0 Å². The van der Waals surface area contributed by atoms with E-state index in [-0.39, 0.29) is 31.1 Å². The van der Waals surface area contributed by atoms with E-state index in [2.05, 4.69) is 10.3 Å². The monoisotopic (exact) mass is 331 g/mol. The standard InChI is InChI=1S/C17H15F2N3O2/c18-12-3-1-2-11(8-12)9-16(23)20-6-7-22-15-5-4-13(19)10-14(15)21-17(22)24/h1-5,8,10H,6-7,9H2,(H,20,23)(H,21,24). The predicted molar refractivity (Wildman–Crippen MR) is 85.6 cm³/mol. The highest BCUT2D eigenvalue weighted by Gasteiger charge is 2.08. The van der Waals surface area contributed by atoms with Gasteiger partial charge in [-0.2, -0.15) is 0 Å². The number of rotatable bonds is 5. The van der Waals surface area contributed by atoms with E-state index in [1.165, 1.54) is 34.9 Å². The van der Waals surface area contributed by atoms with Crippen LogP contribution in [-0.4, -0.2) is 22.0 Å². The maximum atomic E-state index is 13.2. The first-order chi connectivity index (χ1) is 11.5. The number of halogens is 2. The second-order valence-corrected chi connectivity index (χ2v) is 5.40. The van der Waals surface area contributed by atoms with Gasteiger partial charge in [0.05, 0.1) is 17.5 Å². The molecule has 2 aromatic carbocycles. The lowest BCUT2D eigenvalue weighted by Gasteiger charge is -2.07. The van der Waals surface area contributed by atoms with Gasteiger partial charge in [0.25, 0.3) is 0 Å². The van der Waals surface area contributed by atoms with Crippen LogP contribution in [-0.2, 0) is 17.8 Å². The smallest absolute Gasteiger partial charge is 0.326 e. The minimum absolute atomic E-state index is 0.0613. The maximum absolute atomic E-state index is 13.2. The summed E-state index contributed by atoms with van der Waals surface area (Å²) in [5.41, 5.74) is 1.19. The van der Waals surface area contributed by atoms with E-state index in [9.17, 15) is 18.4 Å². The molecule has 0 atom stereocenters. The lowest BCUT2D eigenvalue weighted by Crippen LogP contribution is -2.31. The normalized spacial score (nSPS) is 10.9. The number of amides is 1. The van der Waals surface area contributed by atoms with Gasteiger partial charge in [-0.1, -0.05) is 12.1 Å². The molecule has 24 heavy (non-hydrogen) atoms. The van der Waals surface area contributed by atoms with Crippen molar-refractivity contribution in [2.45, 2.75) is 13.0 Å². The third kappa shape index (κ3) is 3.51. The van der Waals surface area contributed by atoms with Crippen molar-refractivity contribution in [2.75, 3.05) is 6.54 Å². The number of fused-ring (bicyclic) bond motifs is 1. The average molecular weight is 331 g/mol. The van der Waals surface area contributed by atoms with Gasteiger partial charge in [-0.25, -0.2) is 13.6 Å². The van der Waals surface area contributed by atoms with Gasteiger partial charge < -0.3 is 10.3 Å². The van der Waals surface area contributed by atoms with Crippen molar-refractivity contribution in [3.63, 3.8) is 0 Å². The zero-order chi connectivity index (χ0) is 17.1. The lowest BCUT2D eigenvalue weighted by molar-refractivity contribution is -0.120. The summed E-state index contributed by atoms with van der Waals surface area (Å²) >= 11 is 0. The number of imidazole rings is 1. The second kappa shape index (κ2) is 6.66. The number of hydrogen-bond donors (Lipinski definition) is 2. The van der Waals surface area contributed by atoms with Crippen molar-refractivity contribution < 1.29 is 13.6 Å². The lowest BCUT2D eigenvalue weighted by atomic mass is 10.1. The Bertz CT molecular complexity index is 946. The topological polar surface area (TPSA) is 66.9 Å². The number of nitrogens with one attached hydrogen (secondary N) is 2. The Hall–Kier alpha value is -2.96. The summed E-state index contributed by atoms with van der Waals surface area (Å²) in [6.07, 6.45) is 0.0613. The van der Waals surface area contributed by atoms with Gasteiger partial charge in [-0.05, 0) is 35.9 Å². The minimum atomic E-state index is -0.431. The predicted octanol–water partition coefficient (Wildman–Crippen LogP) is 1.97. The molecule has 2 N–H and O–H groups in total. The Balaban J connectivity index is 1.61. The van der Waals surface area contributed by atoms with Gasteiger partial charge in [0.2, 0.25) is 5.91 Å². The Morgan fingerprint density at radius 2 is 1.92 bits per heavy atom. The second-order valence-electron chi connectivity index (χ2n) is 5.40. The molecule has 0 aliphatic rings. The number of benzene rings is 2. The first kappa shape index (κ1) is 15.9. The van der Waals surface area contributed by atoms with E-state index >= 15 is 0 Å². The first-order valence-corrected chi connectivity index (χ1v) is 7.42. The molecule has 0 saturated carbocycles. The van der Waals surface area contributed by atoms with Crippen molar-refractivity contribution in [2.24, 2.45) is 0 Å². The number of aromatic amines is 1. The number of carbonyl (C=O) groups excluding carboxylic acids is 1. The molecule has 0 unspecified atom stereocenters. The van der Waals surface area contributed by atoms with Gasteiger partial charge in [-0.3, -0.25) is 9.36 Å². The third-order valence-electron chi connectivity index (χ3n) is 3.65. The first-order valence-electron chi connectivity index (χ1n) is 7.42. The van der Waals surface area contributed by atoms with Crippen LogP contribution in [0.2, 0.25) is 0 Å². The summed E-state index contributed by atoms with van der Waals surface area (Å²) in [7, 11) is 0. The number of H-pyrrole nitrogens is 1. The molecule has 3 rings (SSSR count). The Labute approximate surface area is 135 Å². The Morgan fingerprint density at radius 3 is 2.71 bits per heavy atom. The number of carbonyl (C=O) groups is 1. The summed E-state index contributed by atoms with van der Waals surface area (Å²) in [6, 6.07) is 9.86. The van der Waals surface area contributed by atoms with Crippen LogP contribution < -0.4 is 11.0 Å². The van der Waals surface area contributed by atoms with E-state index in [1.54, 1.807) is 12.1 Å². The molecular weight excluding hydrogens is 316 g/mol. The summed E-state index contributed by atoms with van der Waals surface area (Å²) in [5, 5.41) is 2.68. The Kier molecular flexibility index (Phi) is 4.41. The van der Waals surface area contributed by atoms with Crippen molar-refractivity contribution in [3.05, 3.63) is 70.1 Å². The third-order valence-corrected chi connectivity index (χ3v) is 3.65. The number of hydrogen-bond acceptors (Lipinski definition) is 2. The van der Waals surface area contributed by atoms with E-state index < -0.39 is 11.6 Å². The summed E-state index contributed by atoms with van der Waals surface area (Å²) in [4.78, 5) is 26.3. The molecule has 0 bridgehead atoms. The molecular formula is C17H15F2N3O2. The zero-order valence-electron chi connectivity index (χ0n) is 12.7. The molecule has 0 radical (unpaired) electrons. The number of aromatic nitrogens is 2. The minimum Gasteiger partial charge on any atom is -0.354 e. The van der Waals surface area contributed by atoms with E-state index in [0.29, 0.717) is 16.6 Å². The fraction of sp³-hybridized carbons (Fsp3) is 0.176. The van der Waals surface area contributed by atoms with Crippen molar-refractivity contribution in [1.82, 2.24) is 14.9 Å². The molecule has 0 spiro atoms. The quantitative estimate of drug-likeness (QED) is 0.751. The molecule has 0 aliphatic heterocycles. The molecule has 1 heterocycles. The summed E-state index contributed by atoms with van der Waals surface area (Å²) in [6.45, 7) is 0.484. The molecule has 7 heteroatoms. The molecule has 0 aliphatic carbocycles. The van der Waals surface area contributed by atoms with Crippen molar-refractivity contribution >= 4 is 16.9 Å². The van der Waals surface area contributed by atoms with Crippen LogP contribution in [0.25, 0.3) is 11.0 Å². The molecule has 3 aromatic rings. The highest BCUT2D eigenvalue weighted by Crippen LogP contribution is 2.11. The fourth-order valence-electron chi connectivity index (χ4n) is 2.56. The van der Waals surface area contributed by atoms with Gasteiger partial charge in [0.15, 0.2) is 0 Å². The fourth-order valence-corrected chi connectivity index (χ4v) is 2.56. The molecule has 1 amide bonds. The zero-order valence-corrected chi connectivity index (χ0v) is 12.7. The van der Waals surface area contributed by atoms with E-state index in [1.807, 2.05) is 0 Å². The SMILES string of the molecule is O=C(Cc1cccc(F)c1)NCCn1c(=O)[nH]c2cc(F)ccc21. The molecule has 0 saturated heterocycles. The van der Waals surface area contributed by atoms with Gasteiger partial charge in [0.1, 0.15) is 11.6 Å². The maximum Gasteiger partial charge on any atom is 0.326 e. The largest absolute Gasteiger partial charge is 0.354 e. The van der Waals surface area contributed by atoms with Crippen LogP contribution >= 0.6 is 0 Å². The molecule has 0 fully saturated rings. The van der Waals surface area contributed by atoms with Crippen molar-refractivity contribution in [1.29, 1.82) is 0 Å². The van der Waals surface area contributed by atoms with Crippen LogP contribution in [0.5, 0.6) is 0 Å². The number of nitrogens with zero attached hydrogens (tertiary/aromatic N) is 1. The van der Waals surface area contributed by atoms with Gasteiger partial charge in [-0.15, -0.1) is 0 Å². The molecule has 124 valence electrons. The van der Waals surface area contributed by atoms with E-state index in [0.717, 1.165) is 0 Å². The molecule has 1 aromatic heterocycles.